The number of rotatable bonds is 10. The first kappa shape index (κ1) is 18.3. The van der Waals surface area contributed by atoms with Gasteiger partial charge in [-0.3, -0.25) is 4.90 Å². The van der Waals surface area contributed by atoms with Crippen LogP contribution in [0.2, 0.25) is 0 Å². The van der Waals surface area contributed by atoms with Crippen molar-refractivity contribution >= 4 is 9.84 Å². The summed E-state index contributed by atoms with van der Waals surface area (Å²) in [7, 11) is -2.84. The van der Waals surface area contributed by atoms with Gasteiger partial charge in [-0.25, -0.2) is 13.1 Å². The fraction of sp³-hybridized carbons (Fsp3) is 0.846. The van der Waals surface area contributed by atoms with Crippen LogP contribution in [0.1, 0.15) is 5.69 Å². The Morgan fingerprint density at radius 1 is 1.13 bits per heavy atom. The van der Waals surface area contributed by atoms with Crippen molar-refractivity contribution in [1.29, 1.82) is 0 Å². The lowest BCUT2D eigenvalue weighted by molar-refractivity contribution is 0.0466. The van der Waals surface area contributed by atoms with Crippen LogP contribution in [0.15, 0.2) is 6.20 Å². The van der Waals surface area contributed by atoms with Gasteiger partial charge >= 0.3 is 0 Å². The van der Waals surface area contributed by atoms with E-state index in [0.29, 0.717) is 59.2 Å². The van der Waals surface area contributed by atoms with Crippen LogP contribution in [-0.4, -0.2) is 85.9 Å². The Kier molecular flexibility index (Phi) is 7.37. The summed E-state index contributed by atoms with van der Waals surface area (Å²) in [5, 5.41) is 8.17. The fourth-order valence-electron chi connectivity index (χ4n) is 2.22. The summed E-state index contributed by atoms with van der Waals surface area (Å²) in [5.74, 6) is 0.447. The first-order valence-electron chi connectivity index (χ1n) is 7.76. The van der Waals surface area contributed by atoms with E-state index in [9.17, 15) is 8.42 Å². The van der Waals surface area contributed by atoms with Gasteiger partial charge in [-0.2, -0.15) is 0 Å². The molecule has 0 unspecified atom stereocenters. The maximum Gasteiger partial charge on any atom is 0.152 e. The lowest BCUT2D eigenvalue weighted by Gasteiger charge is -2.25. The second kappa shape index (κ2) is 9.28. The molecule has 0 aromatic carbocycles. The normalized spacial score (nSPS) is 18.3. The number of ether oxygens (including phenoxy) is 2. The molecule has 9 nitrogen and oxygen atoms in total. The largest absolute Gasteiger partial charge is 0.378 e. The zero-order chi connectivity index (χ0) is 16.5. The minimum atomic E-state index is -2.84. The van der Waals surface area contributed by atoms with Crippen molar-refractivity contribution in [3.8, 4) is 0 Å². The third kappa shape index (κ3) is 6.92. The zero-order valence-electron chi connectivity index (χ0n) is 13.3. The van der Waals surface area contributed by atoms with Crippen molar-refractivity contribution in [2.24, 2.45) is 5.73 Å². The predicted molar refractivity (Wildman–Crippen MR) is 84.6 cm³/mol. The second-order valence-electron chi connectivity index (χ2n) is 5.41. The first-order chi connectivity index (χ1) is 11.1. The van der Waals surface area contributed by atoms with E-state index in [1.54, 1.807) is 4.68 Å². The van der Waals surface area contributed by atoms with Gasteiger partial charge in [0.25, 0.3) is 0 Å². The van der Waals surface area contributed by atoms with E-state index in [1.807, 2.05) is 6.20 Å². The lowest BCUT2D eigenvalue weighted by atomic mass is 10.4. The summed E-state index contributed by atoms with van der Waals surface area (Å²) in [6, 6.07) is 0. The minimum Gasteiger partial charge on any atom is -0.378 e. The van der Waals surface area contributed by atoms with Gasteiger partial charge in [0.05, 0.1) is 50.2 Å². The zero-order valence-corrected chi connectivity index (χ0v) is 14.1. The topological polar surface area (TPSA) is 113 Å². The summed E-state index contributed by atoms with van der Waals surface area (Å²) in [4.78, 5) is 2.08. The monoisotopic (exact) mass is 347 g/mol. The van der Waals surface area contributed by atoms with Gasteiger partial charge in [-0.15, -0.1) is 5.10 Å². The summed E-state index contributed by atoms with van der Waals surface area (Å²) in [6.07, 6.45) is 1.87. The molecule has 1 aromatic heterocycles. The summed E-state index contributed by atoms with van der Waals surface area (Å²) < 4.78 is 35.2. The van der Waals surface area contributed by atoms with E-state index in [-0.39, 0.29) is 11.5 Å². The van der Waals surface area contributed by atoms with Gasteiger partial charge < -0.3 is 15.2 Å². The van der Waals surface area contributed by atoms with Crippen LogP contribution >= 0.6 is 0 Å². The Morgan fingerprint density at radius 3 is 2.52 bits per heavy atom. The summed E-state index contributed by atoms with van der Waals surface area (Å²) in [6.45, 7) is 5.04. The molecule has 2 rings (SSSR count). The van der Waals surface area contributed by atoms with Crippen LogP contribution < -0.4 is 5.73 Å². The molecule has 132 valence electrons. The molecule has 0 amide bonds. The Balaban J connectivity index is 1.62. The van der Waals surface area contributed by atoms with Gasteiger partial charge in [0.2, 0.25) is 0 Å². The molecule has 1 aromatic rings. The van der Waals surface area contributed by atoms with Crippen molar-refractivity contribution in [2.75, 3.05) is 57.6 Å². The predicted octanol–water partition coefficient (Wildman–Crippen LogP) is -1.50. The summed E-state index contributed by atoms with van der Waals surface area (Å²) >= 11 is 0. The molecule has 1 fully saturated rings. The quantitative estimate of drug-likeness (QED) is 0.509. The van der Waals surface area contributed by atoms with Crippen molar-refractivity contribution in [1.82, 2.24) is 19.9 Å². The van der Waals surface area contributed by atoms with E-state index in [0.717, 1.165) is 5.69 Å². The molecule has 1 saturated heterocycles. The van der Waals surface area contributed by atoms with E-state index < -0.39 is 9.84 Å². The van der Waals surface area contributed by atoms with Crippen LogP contribution in [0, 0.1) is 0 Å². The molecule has 0 saturated carbocycles. The molecule has 0 aliphatic carbocycles. The van der Waals surface area contributed by atoms with Crippen molar-refractivity contribution in [3.63, 3.8) is 0 Å². The number of nitrogens with zero attached hydrogens (tertiary/aromatic N) is 4. The molecule has 0 bridgehead atoms. The van der Waals surface area contributed by atoms with Crippen molar-refractivity contribution < 1.29 is 17.9 Å². The van der Waals surface area contributed by atoms with Gasteiger partial charge in [-0.05, 0) is 0 Å². The molecule has 1 aliphatic heterocycles. The van der Waals surface area contributed by atoms with Crippen LogP contribution in [0.4, 0.5) is 0 Å². The molecule has 2 N–H and O–H groups in total. The number of hydrogen-bond acceptors (Lipinski definition) is 8. The SMILES string of the molecule is NCCOCCOCCn1cc(CN2CCS(=O)(=O)CC2)nn1. The highest BCUT2D eigenvalue weighted by atomic mass is 32.2. The van der Waals surface area contributed by atoms with E-state index in [4.69, 9.17) is 15.2 Å². The molecule has 0 atom stereocenters. The number of nitrogens with two attached hydrogens (primary N) is 1. The molecule has 2 heterocycles. The number of aromatic nitrogens is 3. The standard InChI is InChI=1S/C13H25N5O4S/c14-1-5-21-7-8-22-6-2-18-12-13(15-16-18)11-17-3-9-23(19,20)10-4-17/h12H,1-11,14H2. The smallest absolute Gasteiger partial charge is 0.152 e. The van der Waals surface area contributed by atoms with E-state index >= 15 is 0 Å². The van der Waals surface area contributed by atoms with Gasteiger partial charge in [-0.1, -0.05) is 5.21 Å². The molecule has 10 heteroatoms. The average molecular weight is 347 g/mol. The third-order valence-corrected chi connectivity index (χ3v) is 5.12. The average Bonchev–Trinajstić information content (AvgIpc) is 2.96. The highest BCUT2D eigenvalue weighted by Crippen LogP contribution is 2.07. The van der Waals surface area contributed by atoms with E-state index in [2.05, 4.69) is 15.2 Å². The van der Waals surface area contributed by atoms with Crippen LogP contribution in [-0.2, 0) is 32.4 Å². The lowest BCUT2D eigenvalue weighted by Crippen LogP contribution is -2.39. The maximum absolute atomic E-state index is 11.4. The fourth-order valence-corrected chi connectivity index (χ4v) is 3.50. The highest BCUT2D eigenvalue weighted by molar-refractivity contribution is 7.91. The van der Waals surface area contributed by atoms with E-state index in [1.165, 1.54) is 0 Å². The van der Waals surface area contributed by atoms with Crippen molar-refractivity contribution in [3.05, 3.63) is 11.9 Å². The third-order valence-electron chi connectivity index (χ3n) is 3.51. The van der Waals surface area contributed by atoms with Crippen LogP contribution in [0.5, 0.6) is 0 Å². The van der Waals surface area contributed by atoms with Crippen molar-refractivity contribution in [2.45, 2.75) is 13.1 Å². The Labute approximate surface area is 136 Å². The van der Waals surface area contributed by atoms with Gasteiger partial charge in [0, 0.05) is 32.4 Å². The number of sulfone groups is 1. The first-order valence-corrected chi connectivity index (χ1v) is 9.58. The molecule has 1 aliphatic rings. The van der Waals surface area contributed by atoms with Gasteiger partial charge in [0.15, 0.2) is 9.84 Å². The Hall–Kier alpha value is -1.07. The molecular weight excluding hydrogens is 322 g/mol. The highest BCUT2D eigenvalue weighted by Gasteiger charge is 2.22. The maximum atomic E-state index is 11.4. The molecule has 0 radical (unpaired) electrons. The van der Waals surface area contributed by atoms with Gasteiger partial charge in [0.1, 0.15) is 0 Å². The summed E-state index contributed by atoms with van der Waals surface area (Å²) in [5.41, 5.74) is 6.15. The molecular formula is C13H25N5O4S. The minimum absolute atomic E-state index is 0.223. The second-order valence-corrected chi connectivity index (χ2v) is 7.72. The van der Waals surface area contributed by atoms with Crippen LogP contribution in [0.25, 0.3) is 0 Å². The number of hydrogen-bond donors (Lipinski definition) is 1. The van der Waals surface area contributed by atoms with Crippen LogP contribution in [0.3, 0.4) is 0 Å². The molecule has 23 heavy (non-hydrogen) atoms. The Morgan fingerprint density at radius 2 is 1.83 bits per heavy atom. The Bertz CT molecular complexity index is 548. The molecule has 0 spiro atoms.